The summed E-state index contributed by atoms with van der Waals surface area (Å²) in [6.45, 7) is 8.40. The van der Waals surface area contributed by atoms with E-state index >= 15 is 0 Å². The zero-order valence-electron chi connectivity index (χ0n) is 10.8. The second-order valence-electron chi connectivity index (χ2n) is 6.01. The van der Waals surface area contributed by atoms with Gasteiger partial charge in [-0.15, -0.1) is 0 Å². The largest absolute Gasteiger partial charge is 0.389 e. The van der Waals surface area contributed by atoms with Crippen molar-refractivity contribution >= 4 is 0 Å². The fourth-order valence-corrected chi connectivity index (χ4v) is 2.51. The van der Waals surface area contributed by atoms with E-state index in [-0.39, 0.29) is 5.41 Å². The highest BCUT2D eigenvalue weighted by Gasteiger charge is 2.51. The average molecular weight is 218 g/mol. The predicted octanol–water partition coefficient (Wildman–Crippen LogP) is 3.40. The Labute approximate surface area is 98.5 Å². The number of rotatable bonds is 3. The van der Waals surface area contributed by atoms with E-state index in [9.17, 15) is 5.11 Å². The third-order valence-electron chi connectivity index (χ3n) is 4.13. The van der Waals surface area contributed by atoms with Crippen molar-refractivity contribution < 1.29 is 5.11 Å². The third kappa shape index (κ3) is 2.15. The van der Waals surface area contributed by atoms with Crippen LogP contribution in [0.1, 0.15) is 43.4 Å². The molecule has 1 aliphatic carbocycles. The van der Waals surface area contributed by atoms with Gasteiger partial charge in [0.05, 0.1) is 5.60 Å². The second-order valence-corrected chi connectivity index (χ2v) is 6.01. The molecule has 1 unspecified atom stereocenters. The maximum absolute atomic E-state index is 10.5. The quantitative estimate of drug-likeness (QED) is 0.824. The fraction of sp³-hybridized carbons (Fsp3) is 0.600. The third-order valence-corrected chi connectivity index (χ3v) is 4.13. The first-order chi connectivity index (χ1) is 7.32. The van der Waals surface area contributed by atoms with E-state index in [4.69, 9.17) is 0 Å². The second kappa shape index (κ2) is 3.59. The number of aliphatic hydroxyl groups is 1. The standard InChI is InChI=1S/C15H22O/c1-11-7-12(2)9-13(8-11)10-15(4,16)14(3)5-6-14/h7-9,16H,5-6,10H2,1-4H3. The van der Waals surface area contributed by atoms with Gasteiger partial charge in [-0.1, -0.05) is 36.2 Å². The van der Waals surface area contributed by atoms with E-state index in [1.54, 1.807) is 0 Å². The molecule has 1 heteroatoms. The van der Waals surface area contributed by atoms with Crippen LogP contribution in [0, 0.1) is 19.3 Å². The van der Waals surface area contributed by atoms with Crippen LogP contribution in [0.25, 0.3) is 0 Å². The summed E-state index contributed by atoms with van der Waals surface area (Å²) in [4.78, 5) is 0. The van der Waals surface area contributed by atoms with Gasteiger partial charge in [0.15, 0.2) is 0 Å². The fourth-order valence-electron chi connectivity index (χ4n) is 2.51. The molecule has 1 aromatic carbocycles. The van der Waals surface area contributed by atoms with Gasteiger partial charge in [-0.2, -0.15) is 0 Å². The van der Waals surface area contributed by atoms with E-state index < -0.39 is 5.60 Å². The Morgan fingerprint density at radius 3 is 2.12 bits per heavy atom. The van der Waals surface area contributed by atoms with Gasteiger partial charge in [0.25, 0.3) is 0 Å². The Bertz CT molecular complexity index is 380. The molecule has 1 aromatic rings. The molecule has 0 spiro atoms. The minimum absolute atomic E-state index is 0.144. The first-order valence-corrected chi connectivity index (χ1v) is 6.12. The minimum atomic E-state index is -0.562. The highest BCUT2D eigenvalue weighted by atomic mass is 16.3. The Hall–Kier alpha value is -0.820. The molecule has 0 amide bonds. The first-order valence-electron chi connectivity index (χ1n) is 6.12. The van der Waals surface area contributed by atoms with E-state index in [1.807, 2.05) is 6.92 Å². The summed E-state index contributed by atoms with van der Waals surface area (Å²) in [7, 11) is 0. The molecule has 0 heterocycles. The SMILES string of the molecule is Cc1cc(C)cc(CC(C)(O)C2(C)CC2)c1. The van der Waals surface area contributed by atoms with Crippen LogP contribution in [-0.4, -0.2) is 10.7 Å². The number of benzene rings is 1. The molecule has 0 bridgehead atoms. The lowest BCUT2D eigenvalue weighted by Gasteiger charge is -2.31. The molecule has 0 aromatic heterocycles. The number of aryl methyl sites for hydroxylation is 2. The van der Waals surface area contributed by atoms with Gasteiger partial charge in [-0.05, 0) is 44.6 Å². The van der Waals surface area contributed by atoms with Gasteiger partial charge in [0.1, 0.15) is 0 Å². The maximum Gasteiger partial charge on any atom is 0.0713 e. The molecule has 1 N–H and O–H groups in total. The summed E-state index contributed by atoms with van der Waals surface area (Å²) in [5.74, 6) is 0. The van der Waals surface area contributed by atoms with Crippen LogP contribution in [0.2, 0.25) is 0 Å². The summed E-state index contributed by atoms with van der Waals surface area (Å²) in [5.41, 5.74) is 3.41. The van der Waals surface area contributed by atoms with Crippen LogP contribution >= 0.6 is 0 Å². The summed E-state index contributed by atoms with van der Waals surface area (Å²) in [6, 6.07) is 6.55. The smallest absolute Gasteiger partial charge is 0.0713 e. The Morgan fingerprint density at radius 1 is 1.19 bits per heavy atom. The lowest BCUT2D eigenvalue weighted by Crippen LogP contribution is -2.36. The molecule has 1 fully saturated rings. The molecule has 16 heavy (non-hydrogen) atoms. The number of hydrogen-bond donors (Lipinski definition) is 1. The van der Waals surface area contributed by atoms with E-state index in [0.717, 1.165) is 19.3 Å². The van der Waals surface area contributed by atoms with E-state index in [2.05, 4.69) is 39.0 Å². The van der Waals surface area contributed by atoms with Gasteiger partial charge in [0, 0.05) is 6.42 Å². The first kappa shape index (κ1) is 11.7. The summed E-state index contributed by atoms with van der Waals surface area (Å²) < 4.78 is 0. The zero-order valence-corrected chi connectivity index (χ0v) is 10.8. The molecule has 88 valence electrons. The van der Waals surface area contributed by atoms with Gasteiger partial charge in [0.2, 0.25) is 0 Å². The van der Waals surface area contributed by atoms with E-state index in [0.29, 0.717) is 0 Å². The molecular weight excluding hydrogens is 196 g/mol. The van der Waals surface area contributed by atoms with E-state index in [1.165, 1.54) is 16.7 Å². The average Bonchev–Trinajstić information content (AvgIpc) is 2.81. The monoisotopic (exact) mass is 218 g/mol. The van der Waals surface area contributed by atoms with Gasteiger partial charge >= 0.3 is 0 Å². The number of hydrogen-bond acceptors (Lipinski definition) is 1. The van der Waals surface area contributed by atoms with Crippen LogP contribution in [0.4, 0.5) is 0 Å². The minimum Gasteiger partial charge on any atom is -0.389 e. The highest BCUT2D eigenvalue weighted by molar-refractivity contribution is 5.30. The van der Waals surface area contributed by atoms with Crippen molar-refractivity contribution in [1.82, 2.24) is 0 Å². The Kier molecular flexibility index (Phi) is 2.62. The van der Waals surface area contributed by atoms with Crippen molar-refractivity contribution in [2.24, 2.45) is 5.41 Å². The summed E-state index contributed by atoms with van der Waals surface area (Å²) in [6.07, 6.45) is 3.08. The summed E-state index contributed by atoms with van der Waals surface area (Å²) >= 11 is 0. The molecule has 1 aliphatic rings. The molecule has 0 radical (unpaired) electrons. The summed E-state index contributed by atoms with van der Waals surface area (Å²) in [5, 5.41) is 10.5. The van der Waals surface area contributed by atoms with Crippen LogP contribution < -0.4 is 0 Å². The molecular formula is C15H22O. The molecule has 1 atom stereocenters. The molecule has 0 aliphatic heterocycles. The molecule has 1 nitrogen and oxygen atoms in total. The predicted molar refractivity (Wildman–Crippen MR) is 67.6 cm³/mol. The topological polar surface area (TPSA) is 20.2 Å². The van der Waals surface area contributed by atoms with Crippen molar-refractivity contribution in [2.45, 2.75) is 52.6 Å². The highest BCUT2D eigenvalue weighted by Crippen LogP contribution is 2.54. The van der Waals surface area contributed by atoms with Crippen molar-refractivity contribution in [3.8, 4) is 0 Å². The molecule has 2 rings (SSSR count). The Balaban J connectivity index is 2.20. The van der Waals surface area contributed by atoms with Crippen LogP contribution in [0.3, 0.4) is 0 Å². The van der Waals surface area contributed by atoms with Gasteiger partial charge in [-0.3, -0.25) is 0 Å². The van der Waals surface area contributed by atoms with Gasteiger partial charge in [-0.25, -0.2) is 0 Å². The normalized spacial score (nSPS) is 21.6. The van der Waals surface area contributed by atoms with Gasteiger partial charge < -0.3 is 5.11 Å². The lowest BCUT2D eigenvalue weighted by atomic mass is 9.82. The zero-order chi connectivity index (χ0) is 12.0. The van der Waals surface area contributed by atoms with Crippen LogP contribution in [0.15, 0.2) is 18.2 Å². The maximum atomic E-state index is 10.5. The van der Waals surface area contributed by atoms with Crippen molar-refractivity contribution in [3.63, 3.8) is 0 Å². The molecule has 0 saturated heterocycles. The van der Waals surface area contributed by atoms with Crippen LogP contribution in [-0.2, 0) is 6.42 Å². The van der Waals surface area contributed by atoms with Crippen LogP contribution in [0.5, 0.6) is 0 Å². The Morgan fingerprint density at radius 2 is 1.69 bits per heavy atom. The lowest BCUT2D eigenvalue weighted by molar-refractivity contribution is -0.00703. The van der Waals surface area contributed by atoms with Crippen molar-refractivity contribution in [3.05, 3.63) is 34.9 Å². The van der Waals surface area contributed by atoms with Crippen molar-refractivity contribution in [1.29, 1.82) is 0 Å². The molecule has 1 saturated carbocycles. The van der Waals surface area contributed by atoms with Crippen molar-refractivity contribution in [2.75, 3.05) is 0 Å².